The van der Waals surface area contributed by atoms with Crippen LogP contribution in [0.3, 0.4) is 0 Å². The number of carbonyl (C=O) groups is 1. The number of likely N-dealkylation sites (tertiary alicyclic amines) is 1. The van der Waals surface area contributed by atoms with Gasteiger partial charge in [-0.1, -0.05) is 18.3 Å². The second kappa shape index (κ2) is 10.6. The van der Waals surface area contributed by atoms with Crippen molar-refractivity contribution < 1.29 is 4.79 Å². The van der Waals surface area contributed by atoms with Crippen molar-refractivity contribution in [2.45, 2.75) is 39.8 Å². The lowest BCUT2D eigenvalue weighted by atomic mass is 10.0. The van der Waals surface area contributed by atoms with Crippen LogP contribution < -0.4 is 10.6 Å². The average Bonchev–Trinajstić information content (AvgIpc) is 3.67. The summed E-state index contributed by atoms with van der Waals surface area (Å²) in [7, 11) is 0. The molecule has 0 radical (unpaired) electrons. The number of aryl methyl sites for hydroxylation is 1. The van der Waals surface area contributed by atoms with Crippen molar-refractivity contribution in [2.24, 2.45) is 5.92 Å². The molecule has 1 aliphatic heterocycles. The molecule has 38 heavy (non-hydrogen) atoms. The predicted molar refractivity (Wildman–Crippen MR) is 147 cm³/mol. The molecule has 1 saturated heterocycles. The maximum absolute atomic E-state index is 12.3. The van der Waals surface area contributed by atoms with Crippen LogP contribution in [0.4, 0.5) is 16.0 Å². The molecule has 1 fully saturated rings. The van der Waals surface area contributed by atoms with Crippen LogP contribution in [0.5, 0.6) is 0 Å². The molecule has 1 amide bonds. The van der Waals surface area contributed by atoms with E-state index in [0.717, 1.165) is 53.2 Å². The number of fused-ring (bicyclic) bond motifs is 1. The van der Waals surface area contributed by atoms with Crippen LogP contribution in [0.2, 0.25) is 0 Å². The molecular formula is C24H27N11OS2. The van der Waals surface area contributed by atoms with Crippen molar-refractivity contribution in [1.29, 1.82) is 0 Å². The molecule has 2 N–H and O–H groups in total. The van der Waals surface area contributed by atoms with E-state index in [0.29, 0.717) is 16.6 Å². The molecule has 1 unspecified atom stereocenters. The first-order valence-corrected chi connectivity index (χ1v) is 14.0. The predicted octanol–water partition coefficient (Wildman–Crippen LogP) is 3.82. The van der Waals surface area contributed by atoms with Gasteiger partial charge in [0.25, 0.3) is 0 Å². The lowest BCUT2D eigenvalue weighted by Crippen LogP contribution is -2.33. The Morgan fingerprint density at radius 2 is 2.18 bits per heavy atom. The summed E-state index contributed by atoms with van der Waals surface area (Å²) in [5.41, 5.74) is 5.88. The van der Waals surface area contributed by atoms with E-state index in [4.69, 9.17) is 4.98 Å². The van der Waals surface area contributed by atoms with Crippen LogP contribution in [0, 0.1) is 12.8 Å². The highest BCUT2D eigenvalue weighted by Gasteiger charge is 2.19. The fourth-order valence-corrected chi connectivity index (χ4v) is 5.86. The van der Waals surface area contributed by atoms with E-state index in [1.165, 1.54) is 35.7 Å². The van der Waals surface area contributed by atoms with Gasteiger partial charge >= 0.3 is 0 Å². The summed E-state index contributed by atoms with van der Waals surface area (Å²) in [6.07, 6.45) is 9.84. The maximum Gasteiger partial charge on any atom is 0.247 e. The first-order valence-electron chi connectivity index (χ1n) is 12.4. The minimum atomic E-state index is -0.222. The van der Waals surface area contributed by atoms with E-state index < -0.39 is 0 Å². The topological polar surface area (TPSA) is 131 Å². The Labute approximate surface area is 226 Å². The Hall–Kier alpha value is -3.75. The third-order valence-corrected chi connectivity index (χ3v) is 7.73. The van der Waals surface area contributed by atoms with E-state index >= 15 is 0 Å². The Morgan fingerprint density at radius 3 is 3.03 bits per heavy atom. The van der Waals surface area contributed by atoms with Gasteiger partial charge in [0.15, 0.2) is 11.5 Å². The van der Waals surface area contributed by atoms with Gasteiger partial charge < -0.3 is 5.32 Å². The maximum atomic E-state index is 12.3. The molecule has 1 atom stereocenters. The van der Waals surface area contributed by atoms with E-state index in [-0.39, 0.29) is 12.5 Å². The van der Waals surface area contributed by atoms with Gasteiger partial charge in [0.2, 0.25) is 11.0 Å². The van der Waals surface area contributed by atoms with E-state index in [2.05, 4.69) is 53.2 Å². The largest absolute Gasteiger partial charge is 0.328 e. The summed E-state index contributed by atoms with van der Waals surface area (Å²) in [5.74, 6) is 1.19. The number of nitrogens with one attached hydrogen (secondary N) is 2. The zero-order valence-electron chi connectivity index (χ0n) is 21.0. The fraction of sp³-hybridized carbons (Fsp3) is 0.375. The molecule has 6 heterocycles. The Balaban J connectivity index is 1.18. The molecule has 0 aliphatic carbocycles. The molecule has 0 saturated carbocycles. The summed E-state index contributed by atoms with van der Waals surface area (Å²) in [4.78, 5) is 24.1. The average molecular weight is 550 g/mol. The van der Waals surface area contributed by atoms with Crippen LogP contribution in [-0.4, -0.2) is 62.6 Å². The molecule has 196 valence electrons. The van der Waals surface area contributed by atoms with E-state index in [1.54, 1.807) is 22.6 Å². The summed E-state index contributed by atoms with van der Waals surface area (Å²) in [6.45, 7) is 7.46. The Bertz CT molecular complexity index is 1550. The Kier molecular flexibility index (Phi) is 6.82. The first kappa shape index (κ1) is 24.6. The van der Waals surface area contributed by atoms with Gasteiger partial charge in [-0.15, -0.1) is 10.2 Å². The quantitative estimate of drug-likeness (QED) is 0.296. The molecular weight excluding hydrogens is 522 g/mol. The second-order valence-electron chi connectivity index (χ2n) is 9.58. The summed E-state index contributed by atoms with van der Waals surface area (Å²) in [5, 5.41) is 19.4. The van der Waals surface area contributed by atoms with E-state index in [1.807, 2.05) is 23.7 Å². The van der Waals surface area contributed by atoms with Gasteiger partial charge in [0.05, 0.1) is 29.5 Å². The minimum absolute atomic E-state index is 0.0633. The number of piperidine rings is 1. The molecule has 14 heteroatoms. The number of hydrogen-bond acceptors (Lipinski definition) is 11. The van der Waals surface area contributed by atoms with Crippen molar-refractivity contribution in [2.75, 3.05) is 23.7 Å². The number of aromatic nitrogens is 8. The van der Waals surface area contributed by atoms with Crippen molar-refractivity contribution in [1.82, 2.24) is 43.6 Å². The van der Waals surface area contributed by atoms with Gasteiger partial charge in [0, 0.05) is 31.0 Å². The Morgan fingerprint density at radius 1 is 1.26 bits per heavy atom. The van der Waals surface area contributed by atoms with Crippen molar-refractivity contribution in [3.05, 3.63) is 47.8 Å². The number of rotatable bonds is 8. The number of carbonyl (C=O) groups excluding carboxylic acids is 1. The molecule has 0 bridgehead atoms. The fourth-order valence-electron chi connectivity index (χ4n) is 4.74. The monoisotopic (exact) mass is 549 g/mol. The van der Waals surface area contributed by atoms with Crippen molar-refractivity contribution >= 4 is 50.4 Å². The van der Waals surface area contributed by atoms with Gasteiger partial charge in [-0.3, -0.25) is 24.1 Å². The number of nitrogens with zero attached hydrogens (tertiary/aromatic N) is 9. The third-order valence-electron chi connectivity index (χ3n) is 6.38. The summed E-state index contributed by atoms with van der Waals surface area (Å²) in [6, 6.07) is 2.10. The summed E-state index contributed by atoms with van der Waals surface area (Å²) >= 11 is 2.70. The normalized spacial score (nSPS) is 16.2. The molecule has 5 aromatic rings. The third kappa shape index (κ3) is 5.42. The van der Waals surface area contributed by atoms with Crippen LogP contribution in [0.15, 0.2) is 36.4 Å². The highest BCUT2D eigenvalue weighted by Crippen LogP contribution is 2.28. The molecule has 0 aromatic carbocycles. The molecule has 6 rings (SSSR count). The molecule has 5 aromatic heterocycles. The van der Waals surface area contributed by atoms with Crippen LogP contribution >= 0.6 is 22.9 Å². The number of anilines is 3. The molecule has 1 aliphatic rings. The van der Waals surface area contributed by atoms with Gasteiger partial charge in [-0.25, -0.2) is 9.97 Å². The first-order chi connectivity index (χ1) is 18.5. The smallest absolute Gasteiger partial charge is 0.247 e. The highest BCUT2D eigenvalue weighted by atomic mass is 32.1. The van der Waals surface area contributed by atoms with Gasteiger partial charge in [-0.2, -0.15) is 9.47 Å². The van der Waals surface area contributed by atoms with Gasteiger partial charge in [0.1, 0.15) is 17.1 Å². The van der Waals surface area contributed by atoms with Crippen molar-refractivity contribution in [3.63, 3.8) is 0 Å². The van der Waals surface area contributed by atoms with Gasteiger partial charge in [-0.05, 0) is 49.8 Å². The number of imidazole rings is 1. The lowest BCUT2D eigenvalue weighted by molar-refractivity contribution is -0.116. The second-order valence-corrected chi connectivity index (χ2v) is 11.2. The lowest BCUT2D eigenvalue weighted by Gasteiger charge is -2.30. The molecule has 12 nitrogen and oxygen atoms in total. The van der Waals surface area contributed by atoms with Crippen LogP contribution in [0.1, 0.15) is 31.2 Å². The molecule has 0 spiro atoms. The standard InChI is InChI=1S/C24H27N11OS2/c1-15-4-3-5-33(9-15)12-18-6-21(38-32-18)30-22-23-25-8-19(35(23)10-16(2)28-22)17-7-27-34(11-17)13-20(36)29-24-31-26-14-37-24/h6-8,10-11,14-15H,3-5,9,12-13H2,1-2H3,(H,28,30)(H,29,31,36). The minimum Gasteiger partial charge on any atom is -0.328 e. The zero-order chi connectivity index (χ0) is 26.1. The number of amides is 1. The van der Waals surface area contributed by atoms with E-state index in [9.17, 15) is 4.79 Å². The highest BCUT2D eigenvalue weighted by molar-refractivity contribution is 7.13. The zero-order valence-corrected chi connectivity index (χ0v) is 22.7. The number of hydrogen-bond donors (Lipinski definition) is 2. The van der Waals surface area contributed by atoms with Crippen LogP contribution in [0.25, 0.3) is 16.9 Å². The van der Waals surface area contributed by atoms with Crippen molar-refractivity contribution in [3.8, 4) is 11.3 Å². The summed E-state index contributed by atoms with van der Waals surface area (Å²) < 4.78 is 8.24. The SMILES string of the molecule is Cc1cn2c(-c3cnn(CC(=O)Nc4nncs4)c3)cnc2c(Nc2cc(CN3CCCC(C)C3)ns2)n1. The van der Waals surface area contributed by atoms with Crippen LogP contribution in [-0.2, 0) is 17.9 Å².